The van der Waals surface area contributed by atoms with Gasteiger partial charge < -0.3 is 9.47 Å². The molecule has 1 aromatic carbocycles. The second kappa shape index (κ2) is 2.99. The van der Waals surface area contributed by atoms with Crippen molar-refractivity contribution >= 4 is 0 Å². The maximum absolute atomic E-state index is 5.81. The molecule has 14 heavy (non-hydrogen) atoms. The molecule has 2 aliphatic heterocycles. The molecular formula is C12H14O2. The van der Waals surface area contributed by atoms with Crippen LogP contribution in [0.1, 0.15) is 18.4 Å². The van der Waals surface area contributed by atoms with E-state index in [2.05, 4.69) is 12.1 Å². The van der Waals surface area contributed by atoms with Crippen molar-refractivity contribution in [3.63, 3.8) is 0 Å². The van der Waals surface area contributed by atoms with Crippen LogP contribution in [0.15, 0.2) is 24.3 Å². The average molecular weight is 190 g/mol. The number of hydrogen-bond donors (Lipinski definition) is 0. The Bertz CT molecular complexity index is 340. The molecule has 74 valence electrons. The van der Waals surface area contributed by atoms with Gasteiger partial charge in [0.05, 0.1) is 0 Å². The molecule has 0 radical (unpaired) electrons. The molecule has 1 fully saturated rings. The molecule has 0 amide bonds. The average Bonchev–Trinajstić information content (AvgIpc) is 2.66. The standard InChI is InChI=1S/C12H14O2/c1-2-5-11-10(4-1)8-12(9-13-11)6-3-7-14-12/h1-2,4-5H,3,6-9H2. The van der Waals surface area contributed by atoms with Gasteiger partial charge in [-0.3, -0.25) is 0 Å². The number of hydrogen-bond acceptors (Lipinski definition) is 2. The van der Waals surface area contributed by atoms with E-state index in [1.165, 1.54) is 12.0 Å². The fourth-order valence-corrected chi connectivity index (χ4v) is 2.41. The highest BCUT2D eigenvalue weighted by Gasteiger charge is 2.39. The van der Waals surface area contributed by atoms with Gasteiger partial charge in [0.2, 0.25) is 0 Å². The number of para-hydroxylation sites is 1. The summed E-state index contributed by atoms with van der Waals surface area (Å²) < 4.78 is 11.5. The second-order valence-corrected chi connectivity index (χ2v) is 4.21. The molecule has 0 bridgehead atoms. The summed E-state index contributed by atoms with van der Waals surface area (Å²) in [5.41, 5.74) is 1.29. The Morgan fingerprint density at radius 3 is 3.00 bits per heavy atom. The summed E-state index contributed by atoms with van der Waals surface area (Å²) >= 11 is 0. The van der Waals surface area contributed by atoms with Crippen molar-refractivity contribution in [2.75, 3.05) is 13.2 Å². The third kappa shape index (κ3) is 1.22. The fraction of sp³-hybridized carbons (Fsp3) is 0.500. The summed E-state index contributed by atoms with van der Waals surface area (Å²) in [6.07, 6.45) is 3.33. The maximum Gasteiger partial charge on any atom is 0.122 e. The van der Waals surface area contributed by atoms with Crippen molar-refractivity contribution in [2.45, 2.75) is 24.9 Å². The molecule has 1 atom stereocenters. The van der Waals surface area contributed by atoms with Crippen LogP contribution in [-0.4, -0.2) is 18.8 Å². The van der Waals surface area contributed by atoms with Gasteiger partial charge in [0.1, 0.15) is 18.0 Å². The fourth-order valence-electron chi connectivity index (χ4n) is 2.41. The third-order valence-electron chi connectivity index (χ3n) is 3.16. The Kier molecular flexibility index (Phi) is 1.77. The Labute approximate surface area is 83.8 Å². The van der Waals surface area contributed by atoms with Crippen LogP contribution in [0.2, 0.25) is 0 Å². The van der Waals surface area contributed by atoms with Crippen molar-refractivity contribution in [3.8, 4) is 5.75 Å². The first-order valence-corrected chi connectivity index (χ1v) is 5.23. The van der Waals surface area contributed by atoms with Gasteiger partial charge in [0.25, 0.3) is 0 Å². The van der Waals surface area contributed by atoms with Crippen molar-refractivity contribution in [1.82, 2.24) is 0 Å². The highest BCUT2D eigenvalue weighted by molar-refractivity contribution is 5.36. The molecule has 0 aromatic heterocycles. The van der Waals surface area contributed by atoms with E-state index in [1.54, 1.807) is 0 Å². The van der Waals surface area contributed by atoms with Crippen molar-refractivity contribution in [2.24, 2.45) is 0 Å². The Morgan fingerprint density at radius 2 is 2.14 bits per heavy atom. The molecule has 0 aliphatic carbocycles. The molecule has 1 aromatic rings. The lowest BCUT2D eigenvalue weighted by Gasteiger charge is -2.33. The maximum atomic E-state index is 5.81. The van der Waals surface area contributed by atoms with Crippen LogP contribution in [-0.2, 0) is 11.2 Å². The number of rotatable bonds is 0. The van der Waals surface area contributed by atoms with Crippen LogP contribution < -0.4 is 4.74 Å². The van der Waals surface area contributed by atoms with Gasteiger partial charge in [-0.1, -0.05) is 18.2 Å². The molecule has 1 spiro atoms. The third-order valence-corrected chi connectivity index (χ3v) is 3.16. The molecule has 2 nitrogen and oxygen atoms in total. The summed E-state index contributed by atoms with van der Waals surface area (Å²) in [7, 11) is 0. The summed E-state index contributed by atoms with van der Waals surface area (Å²) in [6.45, 7) is 1.62. The Morgan fingerprint density at radius 1 is 1.21 bits per heavy atom. The largest absolute Gasteiger partial charge is 0.490 e. The van der Waals surface area contributed by atoms with Crippen LogP contribution in [0, 0.1) is 0 Å². The molecule has 1 saturated heterocycles. The van der Waals surface area contributed by atoms with Gasteiger partial charge in [-0.25, -0.2) is 0 Å². The van der Waals surface area contributed by atoms with Crippen molar-refractivity contribution in [3.05, 3.63) is 29.8 Å². The lowest BCUT2D eigenvalue weighted by atomic mass is 9.90. The molecule has 3 rings (SSSR count). The molecule has 2 heteroatoms. The first-order valence-electron chi connectivity index (χ1n) is 5.23. The zero-order chi connectivity index (χ0) is 9.43. The summed E-state index contributed by atoms with van der Waals surface area (Å²) in [6, 6.07) is 8.26. The van der Waals surface area contributed by atoms with Gasteiger partial charge in [-0.2, -0.15) is 0 Å². The van der Waals surface area contributed by atoms with E-state index in [0.717, 1.165) is 31.8 Å². The van der Waals surface area contributed by atoms with Crippen molar-refractivity contribution < 1.29 is 9.47 Å². The lowest BCUT2D eigenvalue weighted by Crippen LogP contribution is -2.40. The van der Waals surface area contributed by atoms with Crippen LogP contribution in [0.5, 0.6) is 5.75 Å². The predicted molar refractivity (Wildman–Crippen MR) is 53.6 cm³/mol. The van der Waals surface area contributed by atoms with Gasteiger partial charge in [-0.15, -0.1) is 0 Å². The molecule has 1 unspecified atom stereocenters. The molecule has 0 saturated carbocycles. The zero-order valence-corrected chi connectivity index (χ0v) is 8.16. The molecule has 2 heterocycles. The van der Waals surface area contributed by atoms with E-state index >= 15 is 0 Å². The SMILES string of the molecule is c1ccc2c(c1)CC1(CCCO1)CO2. The highest BCUT2D eigenvalue weighted by Crippen LogP contribution is 2.36. The van der Waals surface area contributed by atoms with Gasteiger partial charge in [0, 0.05) is 13.0 Å². The van der Waals surface area contributed by atoms with Crippen LogP contribution >= 0.6 is 0 Å². The van der Waals surface area contributed by atoms with E-state index in [1.807, 2.05) is 12.1 Å². The quantitative estimate of drug-likeness (QED) is 0.624. The van der Waals surface area contributed by atoms with Crippen LogP contribution in [0.25, 0.3) is 0 Å². The van der Waals surface area contributed by atoms with Crippen LogP contribution in [0.3, 0.4) is 0 Å². The summed E-state index contributed by atoms with van der Waals surface area (Å²) in [4.78, 5) is 0. The highest BCUT2D eigenvalue weighted by atomic mass is 16.5. The summed E-state index contributed by atoms with van der Waals surface area (Å²) in [5.74, 6) is 1.04. The first kappa shape index (κ1) is 8.30. The molecule has 0 N–H and O–H groups in total. The molecule has 2 aliphatic rings. The van der Waals surface area contributed by atoms with Gasteiger partial charge in [0.15, 0.2) is 0 Å². The van der Waals surface area contributed by atoms with Gasteiger partial charge >= 0.3 is 0 Å². The number of ether oxygens (including phenoxy) is 2. The monoisotopic (exact) mass is 190 g/mol. The second-order valence-electron chi connectivity index (χ2n) is 4.21. The smallest absolute Gasteiger partial charge is 0.122 e. The van der Waals surface area contributed by atoms with E-state index in [-0.39, 0.29) is 5.60 Å². The minimum absolute atomic E-state index is 0.00560. The minimum Gasteiger partial charge on any atom is -0.490 e. The van der Waals surface area contributed by atoms with Crippen LogP contribution in [0.4, 0.5) is 0 Å². The van der Waals surface area contributed by atoms with Gasteiger partial charge in [-0.05, 0) is 24.5 Å². The van der Waals surface area contributed by atoms with E-state index in [0.29, 0.717) is 0 Å². The predicted octanol–water partition coefficient (Wildman–Crippen LogP) is 2.17. The van der Waals surface area contributed by atoms with E-state index in [9.17, 15) is 0 Å². The summed E-state index contributed by atoms with van der Waals surface area (Å²) in [5, 5.41) is 0. The minimum atomic E-state index is -0.00560. The Balaban J connectivity index is 1.92. The van der Waals surface area contributed by atoms with Crippen molar-refractivity contribution in [1.29, 1.82) is 0 Å². The normalized spacial score (nSPS) is 30.0. The zero-order valence-electron chi connectivity index (χ0n) is 8.16. The topological polar surface area (TPSA) is 18.5 Å². The number of benzene rings is 1. The Hall–Kier alpha value is -1.02. The molecular weight excluding hydrogens is 176 g/mol. The lowest BCUT2D eigenvalue weighted by molar-refractivity contribution is -0.0400. The van der Waals surface area contributed by atoms with E-state index in [4.69, 9.17) is 9.47 Å². The first-order chi connectivity index (χ1) is 6.88. The number of fused-ring (bicyclic) bond motifs is 1. The van der Waals surface area contributed by atoms with E-state index < -0.39 is 0 Å².